The predicted molar refractivity (Wildman–Crippen MR) is 106 cm³/mol. The molecule has 27 heavy (non-hydrogen) atoms. The molecule has 0 spiro atoms. The number of amides is 1. The Hall–Kier alpha value is -1.63. The second-order valence-corrected chi connectivity index (χ2v) is 7.85. The Morgan fingerprint density at radius 2 is 1.85 bits per heavy atom. The SMILES string of the molecule is CN1CCN(Cc2cccc(OCC(O)CN3CCCCCC3)c2)CC1=O. The summed E-state index contributed by atoms with van der Waals surface area (Å²) in [7, 11) is 1.85. The molecule has 1 N–H and O–H groups in total. The maximum Gasteiger partial charge on any atom is 0.236 e. The molecular weight excluding hydrogens is 342 g/mol. The van der Waals surface area contributed by atoms with E-state index in [1.54, 1.807) is 4.90 Å². The second kappa shape index (κ2) is 10.1. The molecule has 1 amide bonds. The monoisotopic (exact) mass is 375 g/mol. The molecule has 2 heterocycles. The van der Waals surface area contributed by atoms with Crippen LogP contribution in [-0.4, -0.2) is 84.7 Å². The number of carbonyl (C=O) groups is 1. The molecule has 6 heteroatoms. The number of likely N-dealkylation sites (N-methyl/N-ethyl adjacent to an activating group) is 1. The van der Waals surface area contributed by atoms with E-state index < -0.39 is 6.10 Å². The van der Waals surface area contributed by atoms with Gasteiger partial charge in [0.1, 0.15) is 18.5 Å². The molecule has 0 aliphatic carbocycles. The van der Waals surface area contributed by atoms with Crippen LogP contribution in [0.2, 0.25) is 0 Å². The molecule has 0 bridgehead atoms. The molecular formula is C21H33N3O3. The third kappa shape index (κ3) is 6.48. The lowest BCUT2D eigenvalue weighted by Crippen LogP contribution is -2.47. The zero-order valence-corrected chi connectivity index (χ0v) is 16.5. The van der Waals surface area contributed by atoms with Gasteiger partial charge in [0.2, 0.25) is 5.91 Å². The molecule has 1 aromatic carbocycles. The Morgan fingerprint density at radius 1 is 1.07 bits per heavy atom. The molecule has 1 atom stereocenters. The van der Waals surface area contributed by atoms with Crippen molar-refractivity contribution >= 4 is 5.91 Å². The van der Waals surface area contributed by atoms with E-state index in [-0.39, 0.29) is 5.91 Å². The van der Waals surface area contributed by atoms with Crippen molar-refractivity contribution < 1.29 is 14.6 Å². The number of aliphatic hydroxyl groups excluding tert-OH is 1. The molecule has 2 aliphatic rings. The number of piperazine rings is 1. The summed E-state index contributed by atoms with van der Waals surface area (Å²) < 4.78 is 5.84. The number of ether oxygens (including phenoxy) is 1. The van der Waals surface area contributed by atoms with Gasteiger partial charge in [-0.2, -0.15) is 0 Å². The number of β-amino-alcohol motifs (C(OH)–C–C–N with tert-alkyl or cyclic N) is 1. The summed E-state index contributed by atoms with van der Waals surface area (Å²) in [5.41, 5.74) is 1.13. The van der Waals surface area contributed by atoms with Crippen LogP contribution >= 0.6 is 0 Å². The number of benzene rings is 1. The highest BCUT2D eigenvalue weighted by molar-refractivity contribution is 5.78. The summed E-state index contributed by atoms with van der Waals surface area (Å²) >= 11 is 0. The summed E-state index contributed by atoms with van der Waals surface area (Å²) in [4.78, 5) is 18.1. The molecule has 6 nitrogen and oxygen atoms in total. The number of aliphatic hydroxyl groups is 1. The summed E-state index contributed by atoms with van der Waals surface area (Å²) in [6, 6.07) is 7.98. The van der Waals surface area contributed by atoms with Crippen molar-refractivity contribution in [1.29, 1.82) is 0 Å². The highest BCUT2D eigenvalue weighted by Gasteiger charge is 2.21. The van der Waals surface area contributed by atoms with Gasteiger partial charge in [-0.15, -0.1) is 0 Å². The number of carbonyl (C=O) groups excluding carboxylic acids is 1. The minimum atomic E-state index is -0.470. The zero-order chi connectivity index (χ0) is 19.1. The molecule has 2 aliphatic heterocycles. The topological polar surface area (TPSA) is 56.2 Å². The average molecular weight is 376 g/mol. The summed E-state index contributed by atoms with van der Waals surface area (Å²) in [5, 5.41) is 10.3. The van der Waals surface area contributed by atoms with Crippen molar-refractivity contribution in [3.8, 4) is 5.75 Å². The van der Waals surface area contributed by atoms with Crippen molar-refractivity contribution in [2.75, 3.05) is 52.9 Å². The lowest BCUT2D eigenvalue weighted by atomic mass is 10.2. The molecule has 0 aromatic heterocycles. The first-order valence-electron chi connectivity index (χ1n) is 10.2. The van der Waals surface area contributed by atoms with Crippen LogP contribution in [0, 0.1) is 0 Å². The van der Waals surface area contributed by atoms with Gasteiger partial charge in [-0.1, -0.05) is 25.0 Å². The molecule has 2 fully saturated rings. The summed E-state index contributed by atoms with van der Waals surface area (Å²) in [6.45, 7) is 6.03. The van der Waals surface area contributed by atoms with Crippen molar-refractivity contribution in [2.24, 2.45) is 0 Å². The maximum absolute atomic E-state index is 11.9. The van der Waals surface area contributed by atoms with Gasteiger partial charge < -0.3 is 19.6 Å². The van der Waals surface area contributed by atoms with E-state index in [2.05, 4.69) is 15.9 Å². The van der Waals surface area contributed by atoms with E-state index in [0.717, 1.165) is 44.0 Å². The van der Waals surface area contributed by atoms with Crippen molar-refractivity contribution in [2.45, 2.75) is 38.3 Å². The Bertz CT molecular complexity index is 602. The third-order valence-electron chi connectivity index (χ3n) is 5.45. The molecule has 1 aromatic rings. The van der Waals surface area contributed by atoms with Crippen LogP contribution < -0.4 is 4.74 Å². The van der Waals surface area contributed by atoms with E-state index in [0.29, 0.717) is 19.7 Å². The van der Waals surface area contributed by atoms with Crippen LogP contribution in [0.5, 0.6) is 5.75 Å². The molecule has 0 saturated carbocycles. The number of nitrogens with zero attached hydrogens (tertiary/aromatic N) is 3. The lowest BCUT2D eigenvalue weighted by Gasteiger charge is -2.31. The Balaban J connectivity index is 1.45. The van der Waals surface area contributed by atoms with E-state index >= 15 is 0 Å². The van der Waals surface area contributed by atoms with Gasteiger partial charge in [-0.3, -0.25) is 9.69 Å². The fourth-order valence-electron chi connectivity index (χ4n) is 3.80. The molecule has 0 radical (unpaired) electrons. The van der Waals surface area contributed by atoms with Crippen LogP contribution in [-0.2, 0) is 11.3 Å². The number of likely N-dealkylation sites (tertiary alicyclic amines) is 1. The van der Waals surface area contributed by atoms with Crippen LogP contribution in [0.1, 0.15) is 31.2 Å². The van der Waals surface area contributed by atoms with Crippen molar-refractivity contribution in [3.05, 3.63) is 29.8 Å². The largest absolute Gasteiger partial charge is 0.491 e. The van der Waals surface area contributed by atoms with E-state index in [9.17, 15) is 9.90 Å². The van der Waals surface area contributed by atoms with Gasteiger partial charge in [0.25, 0.3) is 0 Å². The van der Waals surface area contributed by atoms with Crippen molar-refractivity contribution in [3.63, 3.8) is 0 Å². The Kier molecular flexibility index (Phi) is 7.50. The Labute approximate surface area is 162 Å². The van der Waals surface area contributed by atoms with E-state index in [1.807, 2.05) is 25.2 Å². The third-order valence-corrected chi connectivity index (χ3v) is 5.45. The Morgan fingerprint density at radius 3 is 2.59 bits per heavy atom. The van der Waals surface area contributed by atoms with Crippen molar-refractivity contribution in [1.82, 2.24) is 14.7 Å². The van der Waals surface area contributed by atoms with Gasteiger partial charge in [0, 0.05) is 33.2 Å². The number of hydrogen-bond donors (Lipinski definition) is 1. The van der Waals surface area contributed by atoms with Crippen LogP contribution in [0.3, 0.4) is 0 Å². The average Bonchev–Trinajstić information content (AvgIpc) is 2.92. The second-order valence-electron chi connectivity index (χ2n) is 7.85. The van der Waals surface area contributed by atoms with Gasteiger partial charge in [0.05, 0.1) is 6.54 Å². The zero-order valence-electron chi connectivity index (χ0n) is 16.5. The van der Waals surface area contributed by atoms with Gasteiger partial charge in [-0.25, -0.2) is 0 Å². The molecule has 2 saturated heterocycles. The highest BCUT2D eigenvalue weighted by atomic mass is 16.5. The van der Waals surface area contributed by atoms with E-state index in [4.69, 9.17) is 4.74 Å². The number of hydrogen-bond acceptors (Lipinski definition) is 5. The molecule has 3 rings (SSSR count). The fraction of sp³-hybridized carbons (Fsp3) is 0.667. The summed E-state index contributed by atoms with van der Waals surface area (Å²) in [5.74, 6) is 0.952. The highest BCUT2D eigenvalue weighted by Crippen LogP contribution is 2.17. The van der Waals surface area contributed by atoms with Gasteiger partial charge in [0.15, 0.2) is 0 Å². The molecule has 150 valence electrons. The van der Waals surface area contributed by atoms with Crippen LogP contribution in [0.15, 0.2) is 24.3 Å². The maximum atomic E-state index is 11.9. The standard InChI is InChI=1S/C21H33N3O3/c1-22-11-12-24(16-21(22)26)14-18-7-6-8-20(13-18)27-17-19(25)15-23-9-4-2-3-5-10-23/h6-8,13,19,25H,2-5,9-12,14-17H2,1H3. The predicted octanol–water partition coefficient (Wildman–Crippen LogP) is 1.58. The number of rotatable bonds is 7. The van der Waals surface area contributed by atoms with Crippen LogP contribution in [0.25, 0.3) is 0 Å². The van der Waals surface area contributed by atoms with Gasteiger partial charge in [-0.05, 0) is 43.6 Å². The smallest absolute Gasteiger partial charge is 0.236 e. The quantitative estimate of drug-likeness (QED) is 0.784. The fourth-order valence-corrected chi connectivity index (χ4v) is 3.80. The van der Waals surface area contributed by atoms with E-state index in [1.165, 1.54) is 25.7 Å². The summed E-state index contributed by atoms with van der Waals surface area (Å²) in [6.07, 6.45) is 4.58. The normalized spacial score (nSPS) is 21.1. The minimum absolute atomic E-state index is 0.172. The van der Waals surface area contributed by atoms with Gasteiger partial charge >= 0.3 is 0 Å². The minimum Gasteiger partial charge on any atom is -0.491 e. The first-order chi connectivity index (χ1) is 13.1. The first-order valence-corrected chi connectivity index (χ1v) is 10.2. The van der Waals surface area contributed by atoms with Crippen LogP contribution in [0.4, 0.5) is 0 Å². The first kappa shape index (κ1) is 20.1. The lowest BCUT2D eigenvalue weighted by molar-refractivity contribution is -0.134. The molecule has 1 unspecified atom stereocenters.